The van der Waals surface area contributed by atoms with Crippen LogP contribution < -0.4 is 5.73 Å². The quantitative estimate of drug-likeness (QED) is 0.859. The highest BCUT2D eigenvalue weighted by Gasteiger charge is 2.26. The molecule has 1 fully saturated rings. The lowest BCUT2D eigenvalue weighted by Gasteiger charge is -2.34. The van der Waals surface area contributed by atoms with Crippen molar-refractivity contribution < 1.29 is 0 Å². The highest BCUT2D eigenvalue weighted by atomic mass is 35.5. The average Bonchev–Trinajstić information content (AvgIpc) is 2.65. The second-order valence-electron chi connectivity index (χ2n) is 6.48. The van der Waals surface area contributed by atoms with Gasteiger partial charge in [-0.15, -0.1) is 0 Å². The van der Waals surface area contributed by atoms with E-state index in [9.17, 15) is 0 Å². The molecule has 118 valence electrons. The molecule has 1 aliphatic rings. The van der Waals surface area contributed by atoms with E-state index in [4.69, 9.17) is 17.3 Å². The lowest BCUT2D eigenvalue weighted by molar-refractivity contribution is 0.180. The molecule has 0 amide bonds. The minimum absolute atomic E-state index is 0.117. The predicted octanol–water partition coefficient (Wildman–Crippen LogP) is 4.63. The molecule has 3 atom stereocenters. The summed E-state index contributed by atoms with van der Waals surface area (Å²) in [7, 11) is 0. The van der Waals surface area contributed by atoms with Crippen LogP contribution in [0.4, 0.5) is 0 Å². The van der Waals surface area contributed by atoms with E-state index in [2.05, 4.69) is 30.9 Å². The maximum atomic E-state index is 6.31. The average molecular weight is 309 g/mol. The van der Waals surface area contributed by atoms with Gasteiger partial charge < -0.3 is 5.73 Å². The molecule has 0 spiro atoms. The van der Waals surface area contributed by atoms with E-state index < -0.39 is 0 Å². The first-order chi connectivity index (χ1) is 10.1. The van der Waals surface area contributed by atoms with Crippen molar-refractivity contribution in [3.05, 3.63) is 34.9 Å². The third kappa shape index (κ3) is 4.70. The minimum atomic E-state index is 0.117. The highest BCUT2D eigenvalue weighted by molar-refractivity contribution is 6.30. The van der Waals surface area contributed by atoms with Crippen molar-refractivity contribution in [1.82, 2.24) is 4.90 Å². The molecule has 0 saturated carbocycles. The van der Waals surface area contributed by atoms with Crippen LogP contribution in [-0.4, -0.2) is 24.0 Å². The summed E-state index contributed by atoms with van der Waals surface area (Å²) < 4.78 is 0. The van der Waals surface area contributed by atoms with Crippen LogP contribution in [0, 0.1) is 5.92 Å². The lowest BCUT2D eigenvalue weighted by Crippen LogP contribution is -2.40. The number of hydrogen-bond acceptors (Lipinski definition) is 2. The first-order valence-corrected chi connectivity index (χ1v) is 8.74. The van der Waals surface area contributed by atoms with Gasteiger partial charge in [-0.3, -0.25) is 4.90 Å². The molecule has 1 saturated heterocycles. The second-order valence-corrected chi connectivity index (χ2v) is 6.92. The third-order valence-electron chi connectivity index (χ3n) is 4.66. The molecule has 21 heavy (non-hydrogen) atoms. The number of hydrogen-bond donors (Lipinski definition) is 1. The Hall–Kier alpha value is -0.570. The van der Waals surface area contributed by atoms with Crippen LogP contribution >= 0.6 is 11.6 Å². The highest BCUT2D eigenvalue weighted by Crippen LogP contribution is 2.30. The molecule has 0 radical (unpaired) electrons. The SMILES string of the molecule is CCCC1CCCN(C(c2cccc(Cl)c2)C(C)N)CC1. The Labute approximate surface area is 134 Å². The van der Waals surface area contributed by atoms with Gasteiger partial charge in [0.1, 0.15) is 0 Å². The van der Waals surface area contributed by atoms with Gasteiger partial charge in [0, 0.05) is 17.1 Å². The molecule has 0 aliphatic carbocycles. The molecule has 1 heterocycles. The van der Waals surface area contributed by atoms with E-state index in [0.29, 0.717) is 0 Å². The summed E-state index contributed by atoms with van der Waals surface area (Å²) in [5.41, 5.74) is 7.57. The zero-order chi connectivity index (χ0) is 15.2. The number of rotatable bonds is 5. The van der Waals surface area contributed by atoms with E-state index in [0.717, 1.165) is 24.0 Å². The van der Waals surface area contributed by atoms with Gasteiger partial charge in [-0.2, -0.15) is 0 Å². The lowest BCUT2D eigenvalue weighted by atomic mass is 9.95. The van der Waals surface area contributed by atoms with Crippen LogP contribution in [0.3, 0.4) is 0 Å². The number of likely N-dealkylation sites (tertiary alicyclic amines) is 1. The minimum Gasteiger partial charge on any atom is -0.326 e. The summed E-state index contributed by atoms with van der Waals surface area (Å²) >= 11 is 6.17. The molecule has 2 nitrogen and oxygen atoms in total. The van der Waals surface area contributed by atoms with Gasteiger partial charge in [0.15, 0.2) is 0 Å². The Balaban J connectivity index is 2.11. The van der Waals surface area contributed by atoms with Crippen molar-refractivity contribution in [1.29, 1.82) is 0 Å². The maximum Gasteiger partial charge on any atom is 0.0496 e. The number of halogens is 1. The Morgan fingerprint density at radius 1 is 1.33 bits per heavy atom. The largest absolute Gasteiger partial charge is 0.326 e. The maximum absolute atomic E-state index is 6.31. The molecule has 1 aromatic carbocycles. The zero-order valence-electron chi connectivity index (χ0n) is 13.4. The standard InChI is InChI=1S/C18H29ClN2/c1-3-6-15-7-5-11-21(12-10-15)18(14(2)20)16-8-4-9-17(19)13-16/h4,8-9,13-15,18H,3,5-7,10-12,20H2,1-2H3. The van der Waals surface area contributed by atoms with E-state index in [1.54, 1.807) is 0 Å². The summed E-state index contributed by atoms with van der Waals surface area (Å²) in [6, 6.07) is 8.60. The molecular formula is C18H29ClN2. The Bertz CT molecular complexity index is 433. The molecule has 3 heteroatoms. The molecule has 0 bridgehead atoms. The number of benzene rings is 1. The summed E-state index contributed by atoms with van der Waals surface area (Å²) in [6.07, 6.45) is 6.63. The van der Waals surface area contributed by atoms with Crippen molar-refractivity contribution in [3.8, 4) is 0 Å². The molecule has 3 unspecified atom stereocenters. The molecular weight excluding hydrogens is 280 g/mol. The molecule has 2 N–H and O–H groups in total. The number of nitrogens with two attached hydrogens (primary N) is 1. The molecule has 2 rings (SSSR count). The normalized spacial score (nSPS) is 23.5. The van der Waals surface area contributed by atoms with Crippen LogP contribution in [0.1, 0.15) is 57.6 Å². The topological polar surface area (TPSA) is 29.3 Å². The van der Waals surface area contributed by atoms with Crippen LogP contribution in [-0.2, 0) is 0 Å². The Kier molecular flexibility index (Phi) is 6.53. The predicted molar refractivity (Wildman–Crippen MR) is 91.7 cm³/mol. The van der Waals surface area contributed by atoms with Gasteiger partial charge in [-0.25, -0.2) is 0 Å². The van der Waals surface area contributed by atoms with Gasteiger partial charge in [-0.1, -0.05) is 43.5 Å². The summed E-state index contributed by atoms with van der Waals surface area (Å²) in [4.78, 5) is 2.58. The monoisotopic (exact) mass is 308 g/mol. The molecule has 1 aliphatic heterocycles. The second kappa shape index (κ2) is 8.17. The fraction of sp³-hybridized carbons (Fsp3) is 0.667. The van der Waals surface area contributed by atoms with E-state index in [1.807, 2.05) is 12.1 Å². The summed E-state index contributed by atoms with van der Waals surface area (Å²) in [5, 5.41) is 0.803. The van der Waals surface area contributed by atoms with E-state index >= 15 is 0 Å². The Morgan fingerprint density at radius 3 is 2.81 bits per heavy atom. The van der Waals surface area contributed by atoms with Gasteiger partial charge in [0.05, 0.1) is 0 Å². The summed E-state index contributed by atoms with van der Waals surface area (Å²) in [6.45, 7) is 6.71. The van der Waals surface area contributed by atoms with Crippen LogP contribution in [0.5, 0.6) is 0 Å². The first kappa shape index (κ1) is 16.8. The fourth-order valence-electron chi connectivity index (χ4n) is 3.70. The molecule has 1 aromatic rings. The van der Waals surface area contributed by atoms with Gasteiger partial charge in [0.2, 0.25) is 0 Å². The Morgan fingerprint density at radius 2 is 2.14 bits per heavy atom. The first-order valence-electron chi connectivity index (χ1n) is 8.37. The van der Waals surface area contributed by atoms with E-state index in [-0.39, 0.29) is 12.1 Å². The summed E-state index contributed by atoms with van der Waals surface area (Å²) in [5.74, 6) is 0.896. The van der Waals surface area contributed by atoms with Crippen LogP contribution in [0.15, 0.2) is 24.3 Å². The third-order valence-corrected chi connectivity index (χ3v) is 4.90. The van der Waals surface area contributed by atoms with Crippen LogP contribution in [0.2, 0.25) is 5.02 Å². The van der Waals surface area contributed by atoms with Crippen molar-refractivity contribution in [2.45, 2.75) is 58.0 Å². The van der Waals surface area contributed by atoms with E-state index in [1.165, 1.54) is 37.7 Å². The molecule has 0 aromatic heterocycles. The zero-order valence-corrected chi connectivity index (χ0v) is 14.1. The van der Waals surface area contributed by atoms with Gasteiger partial charge in [0.25, 0.3) is 0 Å². The van der Waals surface area contributed by atoms with Crippen LogP contribution in [0.25, 0.3) is 0 Å². The van der Waals surface area contributed by atoms with Crippen molar-refractivity contribution in [2.24, 2.45) is 11.7 Å². The van der Waals surface area contributed by atoms with Gasteiger partial charge >= 0.3 is 0 Å². The smallest absolute Gasteiger partial charge is 0.0496 e. The van der Waals surface area contributed by atoms with Crippen molar-refractivity contribution in [2.75, 3.05) is 13.1 Å². The van der Waals surface area contributed by atoms with Gasteiger partial charge in [-0.05, 0) is 62.9 Å². The number of nitrogens with zero attached hydrogens (tertiary/aromatic N) is 1. The van der Waals surface area contributed by atoms with Crippen molar-refractivity contribution >= 4 is 11.6 Å². The van der Waals surface area contributed by atoms with Crippen molar-refractivity contribution in [3.63, 3.8) is 0 Å². The fourth-order valence-corrected chi connectivity index (χ4v) is 3.90.